The van der Waals surface area contributed by atoms with E-state index in [1.54, 1.807) is 18.5 Å². The Labute approximate surface area is 171 Å². The molecular weight excluding hydrogens is 392 g/mol. The van der Waals surface area contributed by atoms with E-state index in [9.17, 15) is 13.2 Å². The molecule has 2 aromatic heterocycles. The highest BCUT2D eigenvalue weighted by Gasteiger charge is 2.27. The lowest BCUT2D eigenvalue weighted by molar-refractivity contribution is 0.0755. The van der Waals surface area contributed by atoms with Crippen LogP contribution in [-0.4, -0.2) is 77.0 Å². The predicted octanol–water partition coefficient (Wildman–Crippen LogP) is 0.796. The van der Waals surface area contributed by atoms with E-state index >= 15 is 0 Å². The number of sulfonamides is 1. The quantitative estimate of drug-likeness (QED) is 0.732. The van der Waals surface area contributed by atoms with Crippen molar-refractivity contribution in [1.82, 2.24) is 23.7 Å². The number of anilines is 1. The Hall–Kier alpha value is -2.46. The molecule has 1 fully saturated rings. The van der Waals surface area contributed by atoms with Gasteiger partial charge in [0.1, 0.15) is 5.69 Å². The molecule has 0 atom stereocenters. The Morgan fingerprint density at radius 1 is 0.966 bits per heavy atom. The fraction of sp³-hybridized carbons (Fsp3) is 0.526. The first kappa shape index (κ1) is 19.8. The third kappa shape index (κ3) is 4.27. The van der Waals surface area contributed by atoms with E-state index in [-0.39, 0.29) is 5.91 Å². The molecule has 2 aliphatic rings. The summed E-state index contributed by atoms with van der Waals surface area (Å²) in [4.78, 5) is 25.9. The minimum Gasteiger partial charge on any atom is -0.339 e. The summed E-state index contributed by atoms with van der Waals surface area (Å²) in [6.07, 6.45) is 6.22. The van der Waals surface area contributed by atoms with Crippen LogP contribution in [0.2, 0.25) is 0 Å². The van der Waals surface area contributed by atoms with Gasteiger partial charge in [-0.2, -0.15) is 4.31 Å². The van der Waals surface area contributed by atoms with E-state index in [0.29, 0.717) is 57.3 Å². The molecular formula is C19H26N6O3S. The van der Waals surface area contributed by atoms with Gasteiger partial charge in [-0.05, 0) is 31.0 Å². The van der Waals surface area contributed by atoms with Crippen LogP contribution in [-0.2, 0) is 23.1 Å². The first-order valence-electron chi connectivity index (χ1n) is 9.88. The maximum absolute atomic E-state index is 13.2. The van der Waals surface area contributed by atoms with Crippen LogP contribution >= 0.6 is 0 Å². The molecule has 10 heteroatoms. The fourth-order valence-corrected chi connectivity index (χ4v) is 4.81. The van der Waals surface area contributed by atoms with E-state index in [1.165, 1.54) is 10.6 Å². The number of hydrogen-bond donors (Lipinski definition) is 0. The van der Waals surface area contributed by atoms with Crippen LogP contribution in [0.4, 0.5) is 5.95 Å². The van der Waals surface area contributed by atoms with Crippen molar-refractivity contribution in [1.29, 1.82) is 0 Å². The zero-order valence-electron chi connectivity index (χ0n) is 16.6. The number of nitrogens with zero attached hydrogens (tertiary/aromatic N) is 6. The van der Waals surface area contributed by atoms with Crippen molar-refractivity contribution in [2.45, 2.75) is 25.9 Å². The van der Waals surface area contributed by atoms with Crippen molar-refractivity contribution in [3.8, 4) is 0 Å². The lowest BCUT2D eigenvalue weighted by Gasteiger charge is -2.22. The summed E-state index contributed by atoms with van der Waals surface area (Å²) in [5.74, 6) is 0.694. The summed E-state index contributed by atoms with van der Waals surface area (Å²) in [7, 11) is -3.25. The summed E-state index contributed by atoms with van der Waals surface area (Å²) in [5.41, 5.74) is 1.50. The van der Waals surface area contributed by atoms with Gasteiger partial charge in [0.25, 0.3) is 5.91 Å². The monoisotopic (exact) mass is 418 g/mol. The smallest absolute Gasteiger partial charge is 0.270 e. The van der Waals surface area contributed by atoms with Crippen molar-refractivity contribution in [3.05, 3.63) is 42.0 Å². The minimum absolute atomic E-state index is 0.000106. The molecule has 4 rings (SSSR count). The molecule has 0 radical (unpaired) electrons. The van der Waals surface area contributed by atoms with E-state index in [4.69, 9.17) is 0 Å². The lowest BCUT2D eigenvalue weighted by atomic mass is 10.3. The average molecular weight is 419 g/mol. The number of carbonyl (C=O) groups is 1. The molecule has 4 heterocycles. The Morgan fingerprint density at radius 2 is 1.72 bits per heavy atom. The molecule has 0 N–H and O–H groups in total. The molecule has 9 nitrogen and oxygen atoms in total. The Kier molecular flexibility index (Phi) is 5.55. The molecule has 0 unspecified atom stereocenters. The van der Waals surface area contributed by atoms with Gasteiger partial charge in [-0.1, -0.05) is 0 Å². The number of amides is 1. The normalized spacial score (nSPS) is 18.8. The molecule has 156 valence electrons. The summed E-state index contributed by atoms with van der Waals surface area (Å²) >= 11 is 0. The second-order valence-electron chi connectivity index (χ2n) is 7.49. The number of rotatable bonds is 3. The third-order valence-electron chi connectivity index (χ3n) is 5.50. The van der Waals surface area contributed by atoms with Crippen molar-refractivity contribution in [2.75, 3.05) is 43.9 Å². The van der Waals surface area contributed by atoms with Gasteiger partial charge in [0, 0.05) is 57.4 Å². The summed E-state index contributed by atoms with van der Waals surface area (Å²) in [6.45, 7) is 4.21. The third-order valence-corrected chi connectivity index (χ3v) is 6.75. The highest BCUT2D eigenvalue weighted by molar-refractivity contribution is 7.88. The van der Waals surface area contributed by atoms with Crippen LogP contribution in [0.25, 0.3) is 0 Å². The first-order valence-corrected chi connectivity index (χ1v) is 11.7. The van der Waals surface area contributed by atoms with Gasteiger partial charge < -0.3 is 14.4 Å². The molecule has 0 aromatic carbocycles. The van der Waals surface area contributed by atoms with E-state index < -0.39 is 10.0 Å². The summed E-state index contributed by atoms with van der Waals surface area (Å²) in [6, 6.07) is 5.49. The van der Waals surface area contributed by atoms with Crippen molar-refractivity contribution in [2.24, 2.45) is 0 Å². The van der Waals surface area contributed by atoms with Crippen molar-refractivity contribution in [3.63, 3.8) is 0 Å². The van der Waals surface area contributed by atoms with E-state index in [2.05, 4.69) is 14.9 Å². The lowest BCUT2D eigenvalue weighted by Crippen LogP contribution is -2.36. The molecule has 2 aromatic rings. The molecule has 1 saturated heterocycles. The highest BCUT2D eigenvalue weighted by atomic mass is 32.2. The van der Waals surface area contributed by atoms with Gasteiger partial charge in [0.05, 0.1) is 12.8 Å². The van der Waals surface area contributed by atoms with Crippen LogP contribution in [0.3, 0.4) is 0 Å². The van der Waals surface area contributed by atoms with Crippen LogP contribution in [0.1, 0.15) is 29.0 Å². The second kappa shape index (κ2) is 8.11. The fourth-order valence-electron chi connectivity index (χ4n) is 3.98. The van der Waals surface area contributed by atoms with Crippen LogP contribution in [0.5, 0.6) is 0 Å². The van der Waals surface area contributed by atoms with Crippen LogP contribution in [0.15, 0.2) is 30.6 Å². The zero-order valence-corrected chi connectivity index (χ0v) is 17.4. The first-order chi connectivity index (χ1) is 13.9. The van der Waals surface area contributed by atoms with Gasteiger partial charge in [-0.3, -0.25) is 4.79 Å². The predicted molar refractivity (Wildman–Crippen MR) is 109 cm³/mol. The SMILES string of the molecule is CS(=O)(=O)N1CCCn2c(ccc2C(=O)N2CCCN(c3ncccn3)CC2)C1. The molecule has 0 aliphatic carbocycles. The zero-order chi connectivity index (χ0) is 20.4. The van der Waals surface area contributed by atoms with Gasteiger partial charge in [-0.25, -0.2) is 18.4 Å². The molecule has 1 amide bonds. The van der Waals surface area contributed by atoms with Gasteiger partial charge in [0.2, 0.25) is 16.0 Å². The minimum atomic E-state index is -3.25. The molecule has 2 aliphatic heterocycles. The van der Waals surface area contributed by atoms with Crippen molar-refractivity contribution < 1.29 is 13.2 Å². The summed E-state index contributed by atoms with van der Waals surface area (Å²) < 4.78 is 27.4. The largest absolute Gasteiger partial charge is 0.339 e. The summed E-state index contributed by atoms with van der Waals surface area (Å²) in [5, 5.41) is 0. The van der Waals surface area contributed by atoms with Gasteiger partial charge >= 0.3 is 0 Å². The molecule has 0 spiro atoms. The Bertz CT molecular complexity index is 975. The van der Waals surface area contributed by atoms with Gasteiger partial charge in [0.15, 0.2) is 0 Å². The second-order valence-corrected chi connectivity index (χ2v) is 9.48. The van der Waals surface area contributed by atoms with E-state index in [1.807, 2.05) is 21.6 Å². The van der Waals surface area contributed by atoms with Crippen LogP contribution < -0.4 is 4.90 Å². The maximum Gasteiger partial charge on any atom is 0.270 e. The maximum atomic E-state index is 13.2. The van der Waals surface area contributed by atoms with E-state index in [0.717, 1.165) is 18.7 Å². The number of carbonyl (C=O) groups excluding carboxylic acids is 1. The van der Waals surface area contributed by atoms with Crippen molar-refractivity contribution >= 4 is 21.9 Å². The number of fused-ring (bicyclic) bond motifs is 1. The number of aromatic nitrogens is 3. The Balaban J connectivity index is 1.49. The highest BCUT2D eigenvalue weighted by Crippen LogP contribution is 2.21. The van der Waals surface area contributed by atoms with Crippen LogP contribution in [0, 0.1) is 0 Å². The van der Waals surface area contributed by atoms with Gasteiger partial charge in [-0.15, -0.1) is 0 Å². The molecule has 0 saturated carbocycles. The molecule has 0 bridgehead atoms. The Morgan fingerprint density at radius 3 is 2.48 bits per heavy atom. The average Bonchev–Trinajstić information content (AvgIpc) is 2.89. The standard InChI is InChI=1S/C19H26N6O3S/c1-29(27,28)24-11-4-12-25-16(15-24)5-6-17(25)18(26)22-9-3-10-23(14-13-22)19-20-7-2-8-21-19/h2,5-8H,3-4,9-15H2,1H3. The molecule has 29 heavy (non-hydrogen) atoms. The topological polar surface area (TPSA) is 91.6 Å². The number of hydrogen-bond acceptors (Lipinski definition) is 6.